The minimum atomic E-state index is 0.112. The van der Waals surface area contributed by atoms with Gasteiger partial charge in [-0.05, 0) is 24.6 Å². The summed E-state index contributed by atoms with van der Waals surface area (Å²) in [6.45, 7) is 7.24. The van der Waals surface area contributed by atoms with Crippen molar-refractivity contribution in [1.82, 2.24) is 5.32 Å². The molecule has 1 rings (SSSR count). The van der Waals surface area contributed by atoms with Gasteiger partial charge in [-0.15, -0.1) is 0 Å². The molecule has 0 fully saturated rings. The Labute approximate surface area is 104 Å². The predicted octanol–water partition coefficient (Wildman–Crippen LogP) is 1.79. The summed E-state index contributed by atoms with van der Waals surface area (Å²) in [6, 6.07) is 8.90. The summed E-state index contributed by atoms with van der Waals surface area (Å²) in [7, 11) is 2.06. The van der Waals surface area contributed by atoms with Crippen LogP contribution in [0, 0.1) is 6.92 Å². The molecular weight excluding hydrogens is 212 g/mol. The van der Waals surface area contributed by atoms with E-state index in [9.17, 15) is 5.11 Å². The number of nitrogens with one attached hydrogen (secondary N) is 1. The summed E-state index contributed by atoms with van der Waals surface area (Å²) in [4.78, 5) is 2.17. The molecule has 0 aliphatic rings. The van der Waals surface area contributed by atoms with E-state index >= 15 is 0 Å². The second-order valence-corrected chi connectivity index (χ2v) is 4.92. The van der Waals surface area contributed by atoms with Crippen LogP contribution in [0.4, 0.5) is 5.69 Å². The van der Waals surface area contributed by atoms with Crippen LogP contribution in [0.1, 0.15) is 19.4 Å². The van der Waals surface area contributed by atoms with Crippen LogP contribution in [0.5, 0.6) is 0 Å². The molecule has 1 aromatic carbocycles. The molecule has 0 radical (unpaired) electrons. The fraction of sp³-hybridized carbons (Fsp3) is 0.571. The van der Waals surface area contributed by atoms with Crippen LogP contribution >= 0.6 is 0 Å². The van der Waals surface area contributed by atoms with Crippen molar-refractivity contribution in [3.8, 4) is 0 Å². The van der Waals surface area contributed by atoms with Crippen LogP contribution in [0.25, 0.3) is 0 Å². The lowest BCUT2D eigenvalue weighted by molar-refractivity contribution is 0.237. The quantitative estimate of drug-likeness (QED) is 0.790. The van der Waals surface area contributed by atoms with Crippen molar-refractivity contribution >= 4 is 5.69 Å². The molecule has 0 aliphatic heterocycles. The monoisotopic (exact) mass is 236 g/mol. The van der Waals surface area contributed by atoms with Gasteiger partial charge in [0, 0.05) is 31.4 Å². The van der Waals surface area contributed by atoms with Crippen molar-refractivity contribution in [3.05, 3.63) is 29.8 Å². The summed E-state index contributed by atoms with van der Waals surface area (Å²) in [5.74, 6) is 0. The third-order valence-corrected chi connectivity index (χ3v) is 2.73. The van der Waals surface area contributed by atoms with E-state index in [2.05, 4.69) is 62.3 Å². The Balaban J connectivity index is 2.60. The Morgan fingerprint density at radius 2 is 2.06 bits per heavy atom. The van der Waals surface area contributed by atoms with E-state index in [1.165, 1.54) is 11.3 Å². The molecule has 0 heterocycles. The highest BCUT2D eigenvalue weighted by Crippen LogP contribution is 2.14. The molecule has 0 spiro atoms. The third-order valence-electron chi connectivity index (χ3n) is 2.73. The maximum Gasteiger partial charge on any atom is 0.0602 e. The number of benzene rings is 1. The molecule has 0 saturated heterocycles. The van der Waals surface area contributed by atoms with E-state index < -0.39 is 0 Å². The zero-order valence-electron chi connectivity index (χ0n) is 11.3. The lowest BCUT2D eigenvalue weighted by Crippen LogP contribution is -2.45. The molecule has 96 valence electrons. The van der Waals surface area contributed by atoms with Gasteiger partial charge in [0.2, 0.25) is 0 Å². The first kappa shape index (κ1) is 14.0. The zero-order valence-corrected chi connectivity index (χ0v) is 11.3. The Hall–Kier alpha value is -1.06. The number of rotatable bonds is 6. The normalized spacial score (nSPS) is 12.8. The molecule has 3 nitrogen and oxygen atoms in total. The predicted molar refractivity (Wildman–Crippen MR) is 73.6 cm³/mol. The number of nitrogens with zero attached hydrogens (tertiary/aromatic N) is 1. The molecule has 2 N–H and O–H groups in total. The number of hydrogen-bond acceptors (Lipinski definition) is 3. The number of hydrogen-bond donors (Lipinski definition) is 2. The van der Waals surface area contributed by atoms with Crippen LogP contribution in [0.3, 0.4) is 0 Å². The van der Waals surface area contributed by atoms with Gasteiger partial charge in [0.1, 0.15) is 0 Å². The molecule has 1 unspecified atom stereocenters. The lowest BCUT2D eigenvalue weighted by atomic mass is 10.2. The van der Waals surface area contributed by atoms with Crippen LogP contribution < -0.4 is 10.2 Å². The van der Waals surface area contributed by atoms with Gasteiger partial charge < -0.3 is 15.3 Å². The Kier molecular flexibility index (Phi) is 5.45. The number of likely N-dealkylation sites (N-methyl/N-ethyl adjacent to an activating group) is 1. The Morgan fingerprint density at radius 3 is 2.59 bits per heavy atom. The maximum absolute atomic E-state index is 9.34. The fourth-order valence-corrected chi connectivity index (χ4v) is 1.94. The smallest absolute Gasteiger partial charge is 0.0602 e. The largest absolute Gasteiger partial charge is 0.395 e. The third kappa shape index (κ3) is 4.75. The number of aliphatic hydroxyl groups is 1. The van der Waals surface area contributed by atoms with Gasteiger partial charge in [0.15, 0.2) is 0 Å². The van der Waals surface area contributed by atoms with Gasteiger partial charge in [-0.2, -0.15) is 0 Å². The number of aryl methyl sites for hydroxylation is 1. The number of aliphatic hydroxyl groups excluding tert-OH is 1. The van der Waals surface area contributed by atoms with Crippen LogP contribution in [-0.2, 0) is 0 Å². The molecule has 1 atom stereocenters. The Bertz CT molecular complexity index is 339. The van der Waals surface area contributed by atoms with E-state index in [1.54, 1.807) is 0 Å². The maximum atomic E-state index is 9.34. The van der Waals surface area contributed by atoms with E-state index in [0.29, 0.717) is 6.04 Å². The van der Waals surface area contributed by atoms with Gasteiger partial charge >= 0.3 is 0 Å². The SMILES string of the molecule is Cc1cccc(N(C)CC(CO)NC(C)C)c1. The van der Waals surface area contributed by atoms with Crippen LogP contribution in [0.15, 0.2) is 24.3 Å². The van der Waals surface area contributed by atoms with E-state index in [4.69, 9.17) is 0 Å². The van der Waals surface area contributed by atoms with Gasteiger partial charge in [-0.3, -0.25) is 0 Å². The summed E-state index contributed by atoms with van der Waals surface area (Å²) in [6.07, 6.45) is 0. The van der Waals surface area contributed by atoms with Gasteiger partial charge in [0.05, 0.1) is 6.61 Å². The highest BCUT2D eigenvalue weighted by molar-refractivity contribution is 5.47. The fourth-order valence-electron chi connectivity index (χ4n) is 1.94. The summed E-state index contributed by atoms with van der Waals surface area (Å²) >= 11 is 0. The lowest BCUT2D eigenvalue weighted by Gasteiger charge is -2.27. The van der Waals surface area contributed by atoms with Crippen molar-refractivity contribution in [1.29, 1.82) is 0 Å². The zero-order chi connectivity index (χ0) is 12.8. The molecule has 0 saturated carbocycles. The standard InChI is InChI=1S/C14H24N2O/c1-11(2)15-13(10-17)9-16(4)14-7-5-6-12(3)8-14/h5-8,11,13,15,17H,9-10H2,1-4H3. The number of anilines is 1. The first-order valence-electron chi connectivity index (χ1n) is 6.17. The topological polar surface area (TPSA) is 35.5 Å². The van der Waals surface area contributed by atoms with Crippen molar-refractivity contribution < 1.29 is 5.11 Å². The summed E-state index contributed by atoms with van der Waals surface area (Å²) < 4.78 is 0. The molecule has 0 amide bonds. The van der Waals surface area contributed by atoms with Crippen molar-refractivity contribution in [3.63, 3.8) is 0 Å². The first-order valence-corrected chi connectivity index (χ1v) is 6.17. The second kappa shape index (κ2) is 6.62. The molecule has 0 bridgehead atoms. The second-order valence-electron chi connectivity index (χ2n) is 4.92. The minimum Gasteiger partial charge on any atom is -0.395 e. The van der Waals surface area contributed by atoms with Crippen LogP contribution in [0.2, 0.25) is 0 Å². The van der Waals surface area contributed by atoms with Gasteiger partial charge in [0.25, 0.3) is 0 Å². The Morgan fingerprint density at radius 1 is 1.35 bits per heavy atom. The average molecular weight is 236 g/mol. The van der Waals surface area contributed by atoms with E-state index in [0.717, 1.165) is 6.54 Å². The molecule has 3 heteroatoms. The highest BCUT2D eigenvalue weighted by atomic mass is 16.3. The first-order chi connectivity index (χ1) is 8.02. The molecule has 0 aliphatic carbocycles. The molecule has 0 aromatic heterocycles. The van der Waals surface area contributed by atoms with Crippen LogP contribution in [-0.4, -0.2) is 37.4 Å². The average Bonchev–Trinajstić information content (AvgIpc) is 2.27. The van der Waals surface area contributed by atoms with Crippen molar-refractivity contribution in [2.45, 2.75) is 32.9 Å². The highest BCUT2D eigenvalue weighted by Gasteiger charge is 2.11. The summed E-state index contributed by atoms with van der Waals surface area (Å²) in [5.41, 5.74) is 2.45. The minimum absolute atomic E-state index is 0.112. The van der Waals surface area contributed by atoms with Gasteiger partial charge in [-0.1, -0.05) is 26.0 Å². The molecular formula is C14H24N2O. The van der Waals surface area contributed by atoms with E-state index in [-0.39, 0.29) is 12.6 Å². The molecule has 17 heavy (non-hydrogen) atoms. The van der Waals surface area contributed by atoms with Gasteiger partial charge in [-0.25, -0.2) is 0 Å². The summed E-state index contributed by atoms with van der Waals surface area (Å²) in [5, 5.41) is 12.7. The van der Waals surface area contributed by atoms with Crippen molar-refractivity contribution in [2.24, 2.45) is 0 Å². The molecule has 1 aromatic rings. The van der Waals surface area contributed by atoms with E-state index in [1.807, 2.05) is 0 Å². The van der Waals surface area contributed by atoms with Crippen molar-refractivity contribution in [2.75, 3.05) is 25.1 Å².